The van der Waals surface area contributed by atoms with Crippen molar-refractivity contribution >= 4 is 11.9 Å². The first-order valence-corrected chi connectivity index (χ1v) is 3.57. The highest BCUT2D eigenvalue weighted by Gasteiger charge is 2.30. The summed E-state index contributed by atoms with van der Waals surface area (Å²) in [6.07, 6.45) is -0.367. The van der Waals surface area contributed by atoms with Crippen molar-refractivity contribution in [2.45, 2.75) is 13.3 Å². The van der Waals surface area contributed by atoms with E-state index in [2.05, 4.69) is 0 Å². The average Bonchev–Trinajstić information content (AvgIpc) is 1.75. The molecule has 0 aliphatic carbocycles. The van der Waals surface area contributed by atoms with Crippen LogP contribution in [0.1, 0.15) is 13.3 Å². The molecule has 11 heavy (non-hydrogen) atoms. The molecule has 1 saturated heterocycles. The Morgan fingerprint density at radius 1 is 1.55 bits per heavy atom. The summed E-state index contributed by atoms with van der Waals surface area (Å²) in [5, 5.41) is 8.43. The largest absolute Gasteiger partial charge is 0.465 e. The molecule has 0 aromatic heterocycles. The molecule has 1 amide bonds. The Balaban J connectivity index is 2.19. The summed E-state index contributed by atoms with van der Waals surface area (Å²) in [7, 11) is 0. The van der Waals surface area contributed by atoms with Crippen LogP contribution in [0, 0.1) is 5.92 Å². The molecule has 0 spiro atoms. The lowest BCUT2D eigenvalue weighted by Crippen LogP contribution is -2.49. The van der Waals surface area contributed by atoms with Gasteiger partial charge in [0.05, 0.1) is 0 Å². The van der Waals surface area contributed by atoms with Crippen LogP contribution in [-0.2, 0) is 4.79 Å². The second-order valence-corrected chi connectivity index (χ2v) is 2.96. The van der Waals surface area contributed by atoms with Crippen molar-refractivity contribution in [3.8, 4) is 0 Å². The number of nitrogens with zero attached hydrogens (tertiary/aromatic N) is 1. The standard InChI is InChI=1S/C7H11NO3/c1-5(9)2-6-3-8(4-6)7(10)11/h6H,2-4H2,1H3,(H,10,11). The first kappa shape index (κ1) is 8.04. The summed E-state index contributed by atoms with van der Waals surface area (Å²) in [6.45, 7) is 2.58. The lowest BCUT2D eigenvalue weighted by Gasteiger charge is -2.36. The molecule has 0 aromatic carbocycles. The molecule has 0 aromatic rings. The zero-order chi connectivity index (χ0) is 8.43. The highest BCUT2D eigenvalue weighted by molar-refractivity contribution is 5.76. The molecule has 62 valence electrons. The first-order chi connectivity index (χ1) is 5.09. The number of hydrogen-bond donors (Lipinski definition) is 1. The second-order valence-electron chi connectivity index (χ2n) is 2.96. The fourth-order valence-electron chi connectivity index (χ4n) is 1.26. The van der Waals surface area contributed by atoms with Gasteiger partial charge in [0, 0.05) is 25.4 Å². The lowest BCUT2D eigenvalue weighted by molar-refractivity contribution is -0.119. The Hall–Kier alpha value is -1.06. The SMILES string of the molecule is CC(=O)CC1CN(C(=O)O)C1. The number of likely N-dealkylation sites (tertiary alicyclic amines) is 1. The maximum absolute atomic E-state index is 10.6. The summed E-state index contributed by atoms with van der Waals surface area (Å²) >= 11 is 0. The summed E-state index contributed by atoms with van der Waals surface area (Å²) in [5.74, 6) is 0.406. The van der Waals surface area contributed by atoms with Gasteiger partial charge in [-0.2, -0.15) is 0 Å². The molecule has 4 nitrogen and oxygen atoms in total. The fraction of sp³-hybridized carbons (Fsp3) is 0.714. The maximum atomic E-state index is 10.6. The van der Waals surface area contributed by atoms with Crippen LogP contribution in [0.15, 0.2) is 0 Å². The third-order valence-electron chi connectivity index (χ3n) is 1.80. The van der Waals surface area contributed by atoms with Gasteiger partial charge in [0.15, 0.2) is 0 Å². The molecule has 0 radical (unpaired) electrons. The summed E-state index contributed by atoms with van der Waals surface area (Å²) in [5.41, 5.74) is 0. The van der Waals surface area contributed by atoms with Crippen LogP contribution >= 0.6 is 0 Å². The zero-order valence-electron chi connectivity index (χ0n) is 6.41. The molecule has 0 bridgehead atoms. The van der Waals surface area contributed by atoms with Crippen molar-refractivity contribution in [2.75, 3.05) is 13.1 Å². The predicted molar refractivity (Wildman–Crippen MR) is 38.4 cm³/mol. The normalized spacial score (nSPS) is 17.7. The van der Waals surface area contributed by atoms with Crippen LogP contribution in [-0.4, -0.2) is 35.0 Å². The minimum atomic E-state index is -0.884. The molecule has 0 unspecified atom stereocenters. The van der Waals surface area contributed by atoms with Crippen LogP contribution in [0.5, 0.6) is 0 Å². The van der Waals surface area contributed by atoms with Gasteiger partial charge in [0.2, 0.25) is 0 Å². The van der Waals surface area contributed by atoms with Crippen molar-refractivity contribution in [3.05, 3.63) is 0 Å². The fourth-order valence-corrected chi connectivity index (χ4v) is 1.26. The molecule has 1 aliphatic heterocycles. The smallest absolute Gasteiger partial charge is 0.407 e. The van der Waals surface area contributed by atoms with E-state index in [0.717, 1.165) is 0 Å². The lowest BCUT2D eigenvalue weighted by atomic mass is 9.95. The number of carboxylic acid groups (broad SMARTS) is 1. The summed E-state index contributed by atoms with van der Waals surface area (Å²) in [4.78, 5) is 22.1. The number of carbonyl (C=O) groups excluding carboxylic acids is 1. The van der Waals surface area contributed by atoms with E-state index in [0.29, 0.717) is 19.5 Å². The quantitative estimate of drug-likeness (QED) is 0.637. The Morgan fingerprint density at radius 3 is 2.45 bits per heavy atom. The van der Waals surface area contributed by atoms with E-state index in [9.17, 15) is 9.59 Å². The molecule has 1 aliphatic rings. The second kappa shape index (κ2) is 2.90. The van der Waals surface area contributed by atoms with Crippen LogP contribution in [0.3, 0.4) is 0 Å². The van der Waals surface area contributed by atoms with Gasteiger partial charge in [-0.1, -0.05) is 0 Å². The Kier molecular flexibility index (Phi) is 2.12. The first-order valence-electron chi connectivity index (χ1n) is 3.57. The molecular weight excluding hydrogens is 146 g/mol. The highest BCUT2D eigenvalue weighted by atomic mass is 16.4. The molecule has 4 heteroatoms. The third-order valence-corrected chi connectivity index (χ3v) is 1.80. The van der Waals surface area contributed by atoms with E-state index in [1.165, 1.54) is 11.8 Å². The molecule has 1 N–H and O–H groups in total. The van der Waals surface area contributed by atoms with Gasteiger partial charge in [0.1, 0.15) is 5.78 Å². The van der Waals surface area contributed by atoms with E-state index in [1.807, 2.05) is 0 Å². The van der Waals surface area contributed by atoms with Crippen molar-refractivity contribution in [2.24, 2.45) is 5.92 Å². The van der Waals surface area contributed by atoms with Gasteiger partial charge in [-0.3, -0.25) is 0 Å². The van der Waals surface area contributed by atoms with E-state index >= 15 is 0 Å². The van der Waals surface area contributed by atoms with Crippen molar-refractivity contribution in [3.63, 3.8) is 0 Å². The van der Waals surface area contributed by atoms with Crippen molar-refractivity contribution in [1.29, 1.82) is 0 Å². The minimum Gasteiger partial charge on any atom is -0.465 e. The van der Waals surface area contributed by atoms with Crippen LogP contribution in [0.2, 0.25) is 0 Å². The number of carbonyl (C=O) groups is 2. The number of hydrogen-bond acceptors (Lipinski definition) is 2. The minimum absolute atomic E-state index is 0.139. The van der Waals surface area contributed by atoms with E-state index in [1.54, 1.807) is 0 Å². The molecular formula is C7H11NO3. The Labute approximate surface area is 64.8 Å². The molecule has 0 saturated carbocycles. The maximum Gasteiger partial charge on any atom is 0.407 e. The van der Waals surface area contributed by atoms with Gasteiger partial charge < -0.3 is 14.8 Å². The van der Waals surface area contributed by atoms with Crippen LogP contribution < -0.4 is 0 Å². The number of amides is 1. The van der Waals surface area contributed by atoms with E-state index in [4.69, 9.17) is 5.11 Å². The van der Waals surface area contributed by atoms with Gasteiger partial charge in [-0.15, -0.1) is 0 Å². The van der Waals surface area contributed by atoms with Crippen molar-refractivity contribution in [1.82, 2.24) is 4.90 Å². The molecule has 0 atom stereocenters. The zero-order valence-corrected chi connectivity index (χ0v) is 6.41. The van der Waals surface area contributed by atoms with Gasteiger partial charge in [-0.25, -0.2) is 4.79 Å². The van der Waals surface area contributed by atoms with Gasteiger partial charge in [0.25, 0.3) is 0 Å². The van der Waals surface area contributed by atoms with Crippen LogP contribution in [0.4, 0.5) is 4.79 Å². The number of ketones is 1. The number of Topliss-reactive ketones (excluding diaryl/α,β-unsaturated/α-hetero) is 1. The summed E-state index contributed by atoms with van der Waals surface area (Å²) in [6, 6.07) is 0. The highest BCUT2D eigenvalue weighted by Crippen LogP contribution is 2.18. The van der Waals surface area contributed by atoms with Crippen molar-refractivity contribution < 1.29 is 14.7 Å². The Bertz CT molecular complexity index is 184. The molecule has 1 heterocycles. The Morgan fingerprint density at radius 2 is 2.09 bits per heavy atom. The predicted octanol–water partition coefficient (Wildman–Crippen LogP) is 0.575. The van der Waals surface area contributed by atoms with E-state index in [-0.39, 0.29) is 11.7 Å². The van der Waals surface area contributed by atoms with E-state index < -0.39 is 6.09 Å². The van der Waals surface area contributed by atoms with Gasteiger partial charge in [-0.05, 0) is 6.92 Å². The molecule has 1 fully saturated rings. The molecule has 1 rings (SSSR count). The summed E-state index contributed by atoms with van der Waals surface area (Å²) < 4.78 is 0. The monoisotopic (exact) mass is 157 g/mol. The average molecular weight is 157 g/mol. The number of rotatable bonds is 2. The van der Waals surface area contributed by atoms with Crippen LogP contribution in [0.25, 0.3) is 0 Å². The van der Waals surface area contributed by atoms with Gasteiger partial charge >= 0.3 is 6.09 Å². The topological polar surface area (TPSA) is 57.6 Å². The third kappa shape index (κ3) is 1.93.